The van der Waals surface area contributed by atoms with Crippen molar-refractivity contribution in [3.63, 3.8) is 0 Å². The molecule has 0 bridgehead atoms. The molecule has 0 N–H and O–H groups in total. The summed E-state index contributed by atoms with van der Waals surface area (Å²) in [5.41, 5.74) is 0.354. The highest BCUT2D eigenvalue weighted by Gasteiger charge is 2.30. The monoisotopic (exact) mass is 238 g/mol. The van der Waals surface area contributed by atoms with E-state index < -0.39 is 0 Å². The molecule has 0 aromatic rings. The van der Waals surface area contributed by atoms with Gasteiger partial charge in [0.05, 0.1) is 0 Å². The van der Waals surface area contributed by atoms with Crippen LogP contribution < -0.4 is 0 Å². The lowest BCUT2D eigenvalue weighted by molar-refractivity contribution is 0.0298. The van der Waals surface area contributed by atoms with E-state index in [4.69, 9.17) is 0 Å². The highest BCUT2D eigenvalue weighted by Crippen LogP contribution is 2.28. The summed E-state index contributed by atoms with van der Waals surface area (Å²) < 4.78 is 0. The van der Waals surface area contributed by atoms with E-state index in [0.717, 1.165) is 12.0 Å². The molecule has 2 rings (SSSR count). The fraction of sp³-hybridized carbons (Fsp3) is 1.00. The number of nitrogens with zero attached hydrogens (tertiary/aromatic N) is 2. The zero-order valence-electron chi connectivity index (χ0n) is 12.2. The Balaban J connectivity index is 1.79. The molecule has 0 aromatic carbocycles. The van der Waals surface area contributed by atoms with Gasteiger partial charge in [-0.15, -0.1) is 0 Å². The Hall–Kier alpha value is -0.0800. The van der Waals surface area contributed by atoms with Gasteiger partial charge in [-0.2, -0.15) is 0 Å². The molecule has 0 spiro atoms. The van der Waals surface area contributed by atoms with Gasteiger partial charge >= 0.3 is 0 Å². The van der Waals surface area contributed by atoms with Gasteiger partial charge in [-0.05, 0) is 52.4 Å². The minimum Gasteiger partial charge on any atom is -0.298 e. The van der Waals surface area contributed by atoms with Crippen LogP contribution in [0.5, 0.6) is 0 Å². The number of hydrogen-bond acceptors (Lipinski definition) is 2. The van der Waals surface area contributed by atoms with Gasteiger partial charge in [-0.1, -0.05) is 6.92 Å². The van der Waals surface area contributed by atoms with Crippen molar-refractivity contribution >= 4 is 0 Å². The molecule has 0 radical (unpaired) electrons. The molecule has 0 amide bonds. The minimum atomic E-state index is 0.354. The first-order valence-corrected chi connectivity index (χ1v) is 7.46. The normalized spacial score (nSPS) is 33.9. The molecule has 1 aliphatic heterocycles. The second kappa shape index (κ2) is 5.27. The van der Waals surface area contributed by atoms with Gasteiger partial charge in [-0.3, -0.25) is 9.80 Å². The minimum absolute atomic E-state index is 0.354. The lowest BCUT2D eigenvalue weighted by Gasteiger charge is -2.45. The largest absolute Gasteiger partial charge is 0.298 e. The Bertz CT molecular complexity index is 228. The Labute approximate surface area is 107 Å². The van der Waals surface area contributed by atoms with Gasteiger partial charge in [0.25, 0.3) is 0 Å². The zero-order valence-corrected chi connectivity index (χ0v) is 12.2. The third-order valence-corrected chi connectivity index (χ3v) is 4.76. The standard InChI is InChI=1S/C15H30N2/c1-13-5-7-14(8-6-13)16-9-11-17(12-10-16)15(2,3)4/h13-14H,5-12H2,1-4H3/t13-,14-. The molecular weight excluding hydrogens is 208 g/mol. The van der Waals surface area contributed by atoms with Crippen molar-refractivity contribution in [1.82, 2.24) is 9.80 Å². The first kappa shape index (κ1) is 13.4. The molecule has 0 atom stereocenters. The fourth-order valence-corrected chi connectivity index (χ4v) is 3.37. The molecule has 1 heterocycles. The predicted octanol–water partition coefficient (Wildman–Crippen LogP) is 2.98. The second-order valence-corrected chi connectivity index (χ2v) is 7.11. The van der Waals surface area contributed by atoms with Crippen molar-refractivity contribution < 1.29 is 0 Å². The Kier molecular flexibility index (Phi) is 4.14. The van der Waals surface area contributed by atoms with Crippen LogP contribution in [0.3, 0.4) is 0 Å². The lowest BCUT2D eigenvalue weighted by atomic mass is 9.86. The average Bonchev–Trinajstić information content (AvgIpc) is 2.29. The van der Waals surface area contributed by atoms with E-state index in [0.29, 0.717) is 5.54 Å². The Morgan fingerprint density at radius 2 is 1.35 bits per heavy atom. The van der Waals surface area contributed by atoms with Gasteiger partial charge in [0.2, 0.25) is 0 Å². The molecule has 17 heavy (non-hydrogen) atoms. The lowest BCUT2D eigenvalue weighted by Crippen LogP contribution is -2.55. The molecule has 1 saturated heterocycles. The maximum absolute atomic E-state index is 2.76. The van der Waals surface area contributed by atoms with Crippen molar-refractivity contribution in [3.8, 4) is 0 Å². The highest BCUT2D eigenvalue weighted by atomic mass is 15.3. The summed E-state index contributed by atoms with van der Waals surface area (Å²) in [4.78, 5) is 5.39. The van der Waals surface area contributed by atoms with Crippen LogP contribution in [-0.2, 0) is 0 Å². The molecule has 1 aliphatic carbocycles. The predicted molar refractivity (Wildman–Crippen MR) is 74.3 cm³/mol. The van der Waals surface area contributed by atoms with Crippen molar-refractivity contribution in [1.29, 1.82) is 0 Å². The van der Waals surface area contributed by atoms with Crippen LogP contribution in [0.25, 0.3) is 0 Å². The van der Waals surface area contributed by atoms with E-state index in [1.807, 2.05) is 0 Å². The van der Waals surface area contributed by atoms with Gasteiger partial charge in [-0.25, -0.2) is 0 Å². The molecule has 2 nitrogen and oxygen atoms in total. The van der Waals surface area contributed by atoms with Gasteiger partial charge < -0.3 is 0 Å². The van der Waals surface area contributed by atoms with Crippen LogP contribution in [0.2, 0.25) is 0 Å². The third-order valence-electron chi connectivity index (χ3n) is 4.76. The van der Waals surface area contributed by atoms with E-state index in [2.05, 4.69) is 37.5 Å². The first-order valence-electron chi connectivity index (χ1n) is 7.46. The van der Waals surface area contributed by atoms with Gasteiger partial charge in [0.15, 0.2) is 0 Å². The fourth-order valence-electron chi connectivity index (χ4n) is 3.37. The Morgan fingerprint density at radius 3 is 1.82 bits per heavy atom. The van der Waals surface area contributed by atoms with Crippen LogP contribution in [0.1, 0.15) is 53.4 Å². The van der Waals surface area contributed by atoms with E-state index in [1.54, 1.807) is 0 Å². The molecule has 100 valence electrons. The highest BCUT2D eigenvalue weighted by molar-refractivity contribution is 4.86. The Morgan fingerprint density at radius 1 is 0.824 bits per heavy atom. The van der Waals surface area contributed by atoms with Crippen LogP contribution in [0.15, 0.2) is 0 Å². The first-order chi connectivity index (χ1) is 7.97. The molecule has 2 fully saturated rings. The van der Waals surface area contributed by atoms with Crippen LogP contribution >= 0.6 is 0 Å². The van der Waals surface area contributed by atoms with Gasteiger partial charge in [0, 0.05) is 37.8 Å². The smallest absolute Gasteiger partial charge is 0.0126 e. The number of piperazine rings is 1. The van der Waals surface area contributed by atoms with Crippen molar-refractivity contribution in [2.24, 2.45) is 5.92 Å². The SMILES string of the molecule is CC(C)(C)N1CCN([C@H]2CC[C@H](C)CC2)CC1. The van der Waals surface area contributed by atoms with E-state index >= 15 is 0 Å². The van der Waals surface area contributed by atoms with Crippen LogP contribution in [0, 0.1) is 5.92 Å². The summed E-state index contributed by atoms with van der Waals surface area (Å²) in [6, 6.07) is 0.897. The maximum atomic E-state index is 2.76. The van der Waals surface area contributed by atoms with Crippen LogP contribution in [0.4, 0.5) is 0 Å². The average molecular weight is 238 g/mol. The van der Waals surface area contributed by atoms with Crippen molar-refractivity contribution in [3.05, 3.63) is 0 Å². The number of hydrogen-bond donors (Lipinski definition) is 0. The molecule has 2 aliphatic rings. The molecule has 1 saturated carbocycles. The quantitative estimate of drug-likeness (QED) is 0.693. The summed E-state index contributed by atoms with van der Waals surface area (Å²) in [6.07, 6.45) is 5.78. The summed E-state index contributed by atoms with van der Waals surface area (Å²) in [6.45, 7) is 14.5. The molecule has 2 heteroatoms. The van der Waals surface area contributed by atoms with Gasteiger partial charge in [0.1, 0.15) is 0 Å². The molecular formula is C15H30N2. The molecule has 0 aromatic heterocycles. The van der Waals surface area contributed by atoms with E-state index in [9.17, 15) is 0 Å². The van der Waals surface area contributed by atoms with E-state index in [-0.39, 0.29) is 0 Å². The summed E-state index contributed by atoms with van der Waals surface area (Å²) in [5.74, 6) is 0.974. The summed E-state index contributed by atoms with van der Waals surface area (Å²) >= 11 is 0. The van der Waals surface area contributed by atoms with Crippen molar-refractivity contribution in [2.75, 3.05) is 26.2 Å². The van der Waals surface area contributed by atoms with Crippen molar-refractivity contribution in [2.45, 2.75) is 65.0 Å². The second-order valence-electron chi connectivity index (χ2n) is 7.11. The summed E-state index contributed by atoms with van der Waals surface area (Å²) in [5, 5.41) is 0. The third kappa shape index (κ3) is 3.45. The van der Waals surface area contributed by atoms with E-state index in [1.165, 1.54) is 51.9 Å². The van der Waals surface area contributed by atoms with Crippen LogP contribution in [-0.4, -0.2) is 47.6 Å². The summed E-state index contributed by atoms with van der Waals surface area (Å²) in [7, 11) is 0. The number of rotatable bonds is 1. The maximum Gasteiger partial charge on any atom is 0.0126 e. The molecule has 0 unspecified atom stereocenters. The topological polar surface area (TPSA) is 6.48 Å². The zero-order chi connectivity index (χ0) is 12.5.